The number of piperazine rings is 1. The van der Waals surface area contributed by atoms with Crippen LogP contribution in [0.1, 0.15) is 33.6 Å². The predicted octanol–water partition coefficient (Wildman–Crippen LogP) is 4.41. The zero-order valence-corrected chi connectivity index (χ0v) is 19.1. The molecule has 7 nitrogen and oxygen atoms in total. The number of benzene rings is 1. The van der Waals surface area contributed by atoms with Crippen LogP contribution in [0.4, 0.5) is 23.8 Å². The highest BCUT2D eigenvalue weighted by molar-refractivity contribution is 9.10. The number of halogens is 4. The van der Waals surface area contributed by atoms with Gasteiger partial charge >= 0.3 is 12.2 Å². The molecule has 31 heavy (non-hydrogen) atoms. The second-order valence-electron chi connectivity index (χ2n) is 8.69. The van der Waals surface area contributed by atoms with E-state index in [0.29, 0.717) is 13.1 Å². The van der Waals surface area contributed by atoms with Crippen molar-refractivity contribution >= 4 is 38.7 Å². The average Bonchev–Trinajstić information content (AvgIpc) is 2.95. The minimum Gasteiger partial charge on any atom is -0.493 e. The Morgan fingerprint density at radius 2 is 1.71 bits per heavy atom. The molecule has 2 saturated heterocycles. The maximum atomic E-state index is 14.7. The number of anilines is 1. The summed E-state index contributed by atoms with van der Waals surface area (Å²) in [7, 11) is 1.24. The first kappa shape index (κ1) is 21.9. The summed E-state index contributed by atoms with van der Waals surface area (Å²) in [6.07, 6.45) is -0.0740. The Balaban J connectivity index is 1.75. The van der Waals surface area contributed by atoms with Crippen LogP contribution < -0.4 is 9.64 Å². The Hall–Kier alpha value is -2.30. The number of hydrogen-bond acceptors (Lipinski definition) is 6. The molecule has 2 fully saturated rings. The highest BCUT2D eigenvalue weighted by Crippen LogP contribution is 2.42. The van der Waals surface area contributed by atoms with Crippen molar-refractivity contribution in [2.24, 2.45) is 0 Å². The third-order valence-corrected chi connectivity index (χ3v) is 6.17. The molecule has 2 bridgehead atoms. The van der Waals surface area contributed by atoms with Crippen LogP contribution in [0.25, 0.3) is 10.9 Å². The van der Waals surface area contributed by atoms with Crippen molar-refractivity contribution in [2.75, 3.05) is 25.1 Å². The van der Waals surface area contributed by atoms with Crippen molar-refractivity contribution < 1.29 is 27.4 Å². The molecular weight excluding hydrogens is 481 g/mol. The van der Waals surface area contributed by atoms with Crippen LogP contribution in [0.3, 0.4) is 0 Å². The number of carbonyl (C=O) groups is 1. The van der Waals surface area contributed by atoms with Crippen LogP contribution in [-0.2, 0) is 4.74 Å². The van der Waals surface area contributed by atoms with Gasteiger partial charge in [0.05, 0.1) is 29.1 Å². The Kier molecular flexibility index (Phi) is 5.43. The third-order valence-electron chi connectivity index (χ3n) is 5.47. The summed E-state index contributed by atoms with van der Waals surface area (Å²) in [6.45, 7) is 6.01. The van der Waals surface area contributed by atoms with Crippen LogP contribution in [0.2, 0.25) is 0 Å². The minimum atomic E-state index is -1.14. The lowest BCUT2D eigenvalue weighted by atomic mass is 10.1. The fraction of sp³-hybridized carbons (Fsp3) is 0.550. The maximum Gasteiger partial charge on any atom is 0.410 e. The van der Waals surface area contributed by atoms with Gasteiger partial charge in [0, 0.05) is 13.1 Å². The number of hydrogen-bond donors (Lipinski definition) is 0. The molecular formula is C20H22BrF3N4O3. The first-order valence-electron chi connectivity index (χ1n) is 9.85. The zero-order valence-electron chi connectivity index (χ0n) is 17.5. The molecule has 2 unspecified atom stereocenters. The predicted molar refractivity (Wildman–Crippen MR) is 111 cm³/mol. The van der Waals surface area contributed by atoms with Crippen LogP contribution in [-0.4, -0.2) is 58.8 Å². The second kappa shape index (κ2) is 7.68. The van der Waals surface area contributed by atoms with Crippen LogP contribution in [0, 0.1) is 17.7 Å². The van der Waals surface area contributed by atoms with Gasteiger partial charge in [0.1, 0.15) is 16.9 Å². The molecule has 0 spiro atoms. The van der Waals surface area contributed by atoms with Crippen molar-refractivity contribution in [1.29, 1.82) is 0 Å². The molecule has 3 heterocycles. The highest BCUT2D eigenvalue weighted by atomic mass is 79.9. The van der Waals surface area contributed by atoms with E-state index in [4.69, 9.17) is 9.47 Å². The van der Waals surface area contributed by atoms with Gasteiger partial charge in [-0.25, -0.2) is 13.6 Å². The number of methoxy groups -OCH3 is 1. The van der Waals surface area contributed by atoms with Crippen LogP contribution >= 0.6 is 15.9 Å². The number of rotatable bonds is 2. The van der Waals surface area contributed by atoms with Crippen molar-refractivity contribution in [1.82, 2.24) is 14.9 Å². The third kappa shape index (κ3) is 3.77. The molecule has 1 aromatic heterocycles. The molecule has 0 saturated carbocycles. The lowest BCUT2D eigenvalue weighted by Crippen LogP contribution is -2.57. The topological polar surface area (TPSA) is 67.8 Å². The van der Waals surface area contributed by atoms with E-state index in [-0.39, 0.29) is 34.6 Å². The fourth-order valence-electron chi connectivity index (χ4n) is 4.31. The van der Waals surface area contributed by atoms with E-state index in [9.17, 15) is 18.0 Å². The lowest BCUT2D eigenvalue weighted by molar-refractivity contribution is 0.0122. The summed E-state index contributed by atoms with van der Waals surface area (Å²) < 4.78 is 53.8. The summed E-state index contributed by atoms with van der Waals surface area (Å²) in [5.41, 5.74) is -1.01. The quantitative estimate of drug-likeness (QED) is 0.447. The normalized spacial score (nSPS) is 21.0. The van der Waals surface area contributed by atoms with E-state index in [1.54, 1.807) is 30.6 Å². The molecule has 2 aliphatic rings. The van der Waals surface area contributed by atoms with Crippen molar-refractivity contribution in [3.05, 3.63) is 22.2 Å². The summed E-state index contributed by atoms with van der Waals surface area (Å²) in [5.74, 6) is -2.24. The van der Waals surface area contributed by atoms with Gasteiger partial charge in [0.25, 0.3) is 0 Å². The van der Waals surface area contributed by atoms with E-state index in [0.717, 1.165) is 12.8 Å². The Labute approximate surface area is 185 Å². The number of fused-ring (bicyclic) bond motifs is 3. The van der Waals surface area contributed by atoms with Gasteiger partial charge in [-0.3, -0.25) is 4.90 Å². The average molecular weight is 503 g/mol. The van der Waals surface area contributed by atoms with Gasteiger partial charge < -0.3 is 14.4 Å². The SMILES string of the molecule is COc1c(F)c(Br)c(F)c2nc(F)nc(N3CC4CCC(C3)N4C(=O)OC(C)(C)C)c12. The number of ether oxygens (including phenoxy) is 2. The van der Waals surface area contributed by atoms with Crippen molar-refractivity contribution in [2.45, 2.75) is 51.3 Å². The smallest absolute Gasteiger partial charge is 0.410 e. The summed E-state index contributed by atoms with van der Waals surface area (Å²) in [5, 5.41) is -0.0489. The Bertz CT molecular complexity index is 1050. The molecule has 1 amide bonds. The number of aromatic nitrogens is 2. The Morgan fingerprint density at radius 1 is 1.10 bits per heavy atom. The minimum absolute atomic E-state index is 0.0328. The van der Waals surface area contributed by atoms with E-state index >= 15 is 0 Å². The van der Waals surface area contributed by atoms with E-state index in [2.05, 4.69) is 25.9 Å². The summed E-state index contributed by atoms with van der Waals surface area (Å²) >= 11 is 2.83. The van der Waals surface area contributed by atoms with Crippen molar-refractivity contribution in [3.8, 4) is 5.75 Å². The summed E-state index contributed by atoms with van der Waals surface area (Å²) in [4.78, 5) is 23.5. The molecule has 2 atom stereocenters. The van der Waals surface area contributed by atoms with E-state index in [1.165, 1.54) is 7.11 Å². The van der Waals surface area contributed by atoms with Crippen LogP contribution in [0.5, 0.6) is 5.75 Å². The molecule has 0 aliphatic carbocycles. The van der Waals surface area contributed by atoms with E-state index < -0.39 is 33.9 Å². The lowest BCUT2D eigenvalue weighted by Gasteiger charge is -2.42. The zero-order chi connectivity index (χ0) is 22.7. The van der Waals surface area contributed by atoms with Gasteiger partial charge in [-0.15, -0.1) is 0 Å². The van der Waals surface area contributed by atoms with Crippen molar-refractivity contribution in [3.63, 3.8) is 0 Å². The largest absolute Gasteiger partial charge is 0.493 e. The molecule has 11 heteroatoms. The standard InChI is InChI=1S/C20H22BrF3N4O3/c1-20(2,3)31-19(29)28-9-5-6-10(28)8-27(7-9)17-11-15(25-18(24)26-17)13(22)12(21)14(23)16(11)30-4/h9-10H,5-8H2,1-4H3. The van der Waals surface area contributed by atoms with Crippen LogP contribution in [0.15, 0.2) is 4.47 Å². The first-order chi connectivity index (χ1) is 14.5. The molecule has 2 aromatic rings. The number of nitrogens with zero attached hydrogens (tertiary/aromatic N) is 4. The molecule has 4 rings (SSSR count). The molecule has 168 valence electrons. The number of carbonyl (C=O) groups excluding carboxylic acids is 1. The van der Waals surface area contributed by atoms with Gasteiger partial charge in [-0.1, -0.05) is 0 Å². The second-order valence-corrected chi connectivity index (χ2v) is 9.49. The Morgan fingerprint density at radius 3 is 2.26 bits per heavy atom. The van der Waals surface area contributed by atoms with Gasteiger partial charge in [-0.2, -0.15) is 14.4 Å². The van der Waals surface area contributed by atoms with E-state index in [1.807, 2.05) is 0 Å². The number of amides is 1. The highest BCUT2D eigenvalue weighted by Gasteiger charge is 2.45. The maximum absolute atomic E-state index is 14.7. The van der Waals surface area contributed by atoms with Gasteiger partial charge in [0.15, 0.2) is 17.4 Å². The summed E-state index contributed by atoms with van der Waals surface area (Å²) in [6, 6.07) is -0.393. The first-order valence-corrected chi connectivity index (χ1v) is 10.6. The fourth-order valence-corrected chi connectivity index (χ4v) is 4.68. The molecule has 0 radical (unpaired) electrons. The molecule has 1 aromatic carbocycles. The monoisotopic (exact) mass is 502 g/mol. The molecule has 2 aliphatic heterocycles. The van der Waals surface area contributed by atoms with Gasteiger partial charge in [0.2, 0.25) is 0 Å². The molecule has 0 N–H and O–H groups in total. The van der Waals surface area contributed by atoms with Gasteiger partial charge in [-0.05, 0) is 49.5 Å².